The second-order valence-corrected chi connectivity index (χ2v) is 3.28. The average Bonchev–Trinajstić information content (AvgIpc) is 2.19. The van der Waals surface area contributed by atoms with Crippen LogP contribution in [-0.2, 0) is 0 Å². The molecule has 0 aliphatic heterocycles. The Labute approximate surface area is 83.4 Å². The Morgan fingerprint density at radius 2 is 2.00 bits per heavy atom. The highest BCUT2D eigenvalue weighted by Gasteiger charge is 2.05. The molecule has 0 saturated carbocycles. The zero-order chi connectivity index (χ0) is 10.6. The van der Waals surface area contributed by atoms with E-state index in [1.807, 2.05) is 19.1 Å². The third-order valence-electron chi connectivity index (χ3n) is 2.09. The number of nitrogen functional groups attached to an aromatic ring is 1. The summed E-state index contributed by atoms with van der Waals surface area (Å²) < 4.78 is 0. The van der Waals surface area contributed by atoms with E-state index >= 15 is 0 Å². The molecule has 5 N–H and O–H groups in total. The van der Waals surface area contributed by atoms with Crippen LogP contribution in [0.5, 0.6) is 0 Å². The van der Waals surface area contributed by atoms with Gasteiger partial charge in [-0.15, -0.1) is 0 Å². The Hall–Kier alpha value is -1.26. The summed E-state index contributed by atoms with van der Waals surface area (Å²) in [6.45, 7) is 1.71. The topological polar surface area (TPSA) is 78.5 Å². The van der Waals surface area contributed by atoms with Crippen LogP contribution in [0.4, 0.5) is 11.4 Å². The number of rotatable bonds is 4. The molecule has 78 valence electrons. The zero-order valence-electron chi connectivity index (χ0n) is 8.20. The first-order valence-corrected chi connectivity index (χ1v) is 4.51. The van der Waals surface area contributed by atoms with Gasteiger partial charge in [0.2, 0.25) is 0 Å². The molecule has 1 aromatic rings. The van der Waals surface area contributed by atoms with E-state index in [0.29, 0.717) is 5.69 Å². The lowest BCUT2D eigenvalue weighted by Crippen LogP contribution is -2.27. The smallest absolute Gasteiger partial charge is 0.0723 e. The number of nitrogens with two attached hydrogens (primary N) is 1. The fourth-order valence-corrected chi connectivity index (χ4v) is 1.11. The monoisotopic (exact) mass is 196 g/mol. The quantitative estimate of drug-likeness (QED) is 0.524. The van der Waals surface area contributed by atoms with Gasteiger partial charge in [-0.3, -0.25) is 0 Å². The van der Waals surface area contributed by atoms with E-state index in [0.717, 1.165) is 11.3 Å². The van der Waals surface area contributed by atoms with E-state index in [4.69, 9.17) is 15.9 Å². The van der Waals surface area contributed by atoms with Crippen LogP contribution in [0.3, 0.4) is 0 Å². The molecule has 14 heavy (non-hydrogen) atoms. The predicted octanol–water partition coefficient (Wildman–Crippen LogP) is 0.342. The molecule has 0 bridgehead atoms. The zero-order valence-corrected chi connectivity index (χ0v) is 8.20. The van der Waals surface area contributed by atoms with Crippen molar-refractivity contribution < 1.29 is 10.2 Å². The molecule has 0 spiro atoms. The fourth-order valence-electron chi connectivity index (χ4n) is 1.11. The van der Waals surface area contributed by atoms with Crippen LogP contribution in [0.2, 0.25) is 0 Å². The molecular formula is C10H16N2O2. The molecule has 0 heterocycles. The number of aliphatic hydroxyl groups excluding tert-OH is 2. The van der Waals surface area contributed by atoms with Crippen molar-refractivity contribution in [3.05, 3.63) is 23.8 Å². The summed E-state index contributed by atoms with van der Waals surface area (Å²) in [5, 5.41) is 20.7. The first kappa shape index (κ1) is 10.8. The van der Waals surface area contributed by atoms with Gasteiger partial charge < -0.3 is 21.3 Å². The molecule has 0 radical (unpaired) electrons. The number of aryl methyl sites for hydroxylation is 1. The predicted molar refractivity (Wildman–Crippen MR) is 57.2 cm³/mol. The van der Waals surface area contributed by atoms with Crippen LogP contribution in [0.15, 0.2) is 18.2 Å². The second-order valence-electron chi connectivity index (χ2n) is 3.28. The third-order valence-corrected chi connectivity index (χ3v) is 2.09. The highest BCUT2D eigenvalue weighted by molar-refractivity contribution is 5.58. The molecule has 0 unspecified atom stereocenters. The largest absolute Gasteiger partial charge is 0.398 e. The van der Waals surface area contributed by atoms with Crippen LogP contribution in [0, 0.1) is 6.92 Å². The highest BCUT2D eigenvalue weighted by atomic mass is 16.3. The number of nitrogens with one attached hydrogen (secondary N) is 1. The minimum absolute atomic E-state index is 0.107. The normalized spacial score (nSPS) is 10.6. The molecule has 0 amide bonds. The summed E-state index contributed by atoms with van der Waals surface area (Å²) in [7, 11) is 0. The molecule has 0 aromatic heterocycles. The van der Waals surface area contributed by atoms with Gasteiger partial charge in [0.25, 0.3) is 0 Å². The van der Waals surface area contributed by atoms with Crippen LogP contribution < -0.4 is 11.1 Å². The van der Waals surface area contributed by atoms with Gasteiger partial charge in [0.05, 0.1) is 19.3 Å². The lowest BCUT2D eigenvalue weighted by atomic mass is 10.2. The number of hydrogen-bond donors (Lipinski definition) is 4. The van der Waals surface area contributed by atoms with Gasteiger partial charge >= 0.3 is 0 Å². The molecule has 1 rings (SSSR count). The van der Waals surface area contributed by atoms with Gasteiger partial charge in [-0.25, -0.2) is 0 Å². The number of aliphatic hydroxyl groups is 2. The van der Waals surface area contributed by atoms with Gasteiger partial charge in [-0.1, -0.05) is 6.07 Å². The maximum absolute atomic E-state index is 8.86. The molecule has 4 heteroatoms. The summed E-state index contributed by atoms with van der Waals surface area (Å²) >= 11 is 0. The number of anilines is 2. The lowest BCUT2D eigenvalue weighted by molar-refractivity contribution is 0.204. The molecule has 1 aromatic carbocycles. The Kier molecular flexibility index (Phi) is 3.73. The van der Waals surface area contributed by atoms with Crippen LogP contribution in [-0.4, -0.2) is 29.5 Å². The van der Waals surface area contributed by atoms with Gasteiger partial charge in [0.1, 0.15) is 0 Å². The van der Waals surface area contributed by atoms with Crippen LogP contribution >= 0.6 is 0 Å². The highest BCUT2D eigenvalue weighted by Crippen LogP contribution is 2.17. The van der Waals surface area contributed by atoms with E-state index in [1.165, 1.54) is 0 Å². The van der Waals surface area contributed by atoms with Gasteiger partial charge in [0.15, 0.2) is 0 Å². The van der Waals surface area contributed by atoms with E-state index < -0.39 is 0 Å². The molecule has 0 atom stereocenters. The SMILES string of the molecule is Cc1ccc(NC(CO)CO)cc1N. The molecule has 0 fully saturated rings. The molecule has 0 saturated heterocycles. The maximum atomic E-state index is 8.86. The van der Waals surface area contributed by atoms with E-state index in [-0.39, 0.29) is 19.3 Å². The minimum atomic E-state index is -0.336. The van der Waals surface area contributed by atoms with Crippen molar-refractivity contribution in [2.45, 2.75) is 13.0 Å². The summed E-state index contributed by atoms with van der Waals surface area (Å²) in [6, 6.07) is 5.21. The minimum Gasteiger partial charge on any atom is -0.398 e. The molecular weight excluding hydrogens is 180 g/mol. The van der Waals surface area contributed by atoms with E-state index in [2.05, 4.69) is 5.32 Å². The lowest BCUT2D eigenvalue weighted by Gasteiger charge is -2.15. The summed E-state index contributed by atoms with van der Waals surface area (Å²) in [5.74, 6) is 0. The number of hydrogen-bond acceptors (Lipinski definition) is 4. The van der Waals surface area contributed by atoms with Crippen molar-refractivity contribution >= 4 is 11.4 Å². The number of benzene rings is 1. The second kappa shape index (κ2) is 4.83. The Bertz CT molecular complexity index is 298. The van der Waals surface area contributed by atoms with Crippen molar-refractivity contribution in [1.29, 1.82) is 0 Å². The molecule has 4 nitrogen and oxygen atoms in total. The van der Waals surface area contributed by atoms with Crippen molar-refractivity contribution in [3.8, 4) is 0 Å². The average molecular weight is 196 g/mol. The Balaban J connectivity index is 2.72. The molecule has 0 aliphatic carbocycles. The van der Waals surface area contributed by atoms with Crippen molar-refractivity contribution in [2.75, 3.05) is 24.3 Å². The third kappa shape index (κ3) is 2.61. The maximum Gasteiger partial charge on any atom is 0.0723 e. The fraction of sp³-hybridized carbons (Fsp3) is 0.400. The Morgan fingerprint density at radius 3 is 2.50 bits per heavy atom. The van der Waals surface area contributed by atoms with Crippen LogP contribution in [0.1, 0.15) is 5.56 Å². The van der Waals surface area contributed by atoms with Crippen molar-refractivity contribution in [1.82, 2.24) is 0 Å². The van der Waals surface area contributed by atoms with E-state index in [9.17, 15) is 0 Å². The molecule has 0 aliphatic rings. The van der Waals surface area contributed by atoms with Gasteiger partial charge in [-0.2, -0.15) is 0 Å². The summed E-state index contributed by atoms with van der Waals surface area (Å²) in [4.78, 5) is 0. The standard InChI is InChI=1S/C10H16N2O2/c1-7-2-3-8(4-10(7)11)12-9(5-13)6-14/h2-4,9,12-14H,5-6,11H2,1H3. The van der Waals surface area contributed by atoms with Crippen LogP contribution in [0.25, 0.3) is 0 Å². The van der Waals surface area contributed by atoms with Crippen molar-refractivity contribution in [2.24, 2.45) is 0 Å². The first-order valence-electron chi connectivity index (χ1n) is 4.51. The summed E-state index contributed by atoms with van der Waals surface area (Å²) in [5.41, 5.74) is 8.23. The summed E-state index contributed by atoms with van der Waals surface area (Å²) in [6.07, 6.45) is 0. The van der Waals surface area contributed by atoms with Gasteiger partial charge in [-0.05, 0) is 24.6 Å². The van der Waals surface area contributed by atoms with E-state index in [1.54, 1.807) is 6.07 Å². The van der Waals surface area contributed by atoms with Crippen molar-refractivity contribution in [3.63, 3.8) is 0 Å². The Morgan fingerprint density at radius 1 is 1.36 bits per heavy atom. The first-order chi connectivity index (χ1) is 6.67. The van der Waals surface area contributed by atoms with Gasteiger partial charge in [0, 0.05) is 11.4 Å².